The molecule has 38 heavy (non-hydrogen) atoms. The Bertz CT molecular complexity index is 1150. The molecule has 204 valence electrons. The number of amides is 1. The maximum Gasteiger partial charge on any atom is 0.364 e. The largest absolute Gasteiger partial charge is 0.379 e. The molecule has 1 saturated carbocycles. The molecule has 0 bridgehead atoms. The number of carbonyl (C=O) groups excluding carboxylic acids is 1. The van der Waals surface area contributed by atoms with Gasteiger partial charge in [-0.1, -0.05) is 17.7 Å². The molecule has 1 amide bonds. The molecule has 8 nitrogen and oxygen atoms in total. The van der Waals surface area contributed by atoms with Gasteiger partial charge in [-0.15, -0.1) is 0 Å². The molecule has 1 saturated heterocycles. The average Bonchev–Trinajstić information content (AvgIpc) is 3.67. The smallest absolute Gasteiger partial charge is 0.364 e. The highest BCUT2D eigenvalue weighted by atomic mass is 35.5. The number of ether oxygens (including phenoxy) is 1. The quantitative estimate of drug-likeness (QED) is 0.213. The fourth-order valence-electron chi connectivity index (χ4n) is 4.72. The minimum atomic E-state index is -0.661. The molecule has 2 aromatic rings. The maximum atomic E-state index is 15.9. The number of rotatable bonds is 12. The van der Waals surface area contributed by atoms with E-state index in [0.29, 0.717) is 41.7 Å². The second-order valence-corrected chi connectivity index (χ2v) is 10.4. The third-order valence-electron chi connectivity index (χ3n) is 7.16. The van der Waals surface area contributed by atoms with E-state index in [1.165, 1.54) is 6.07 Å². The highest BCUT2D eigenvalue weighted by Crippen LogP contribution is 2.41. The lowest BCUT2D eigenvalue weighted by Gasteiger charge is -2.27. The fraction of sp³-hybridized carbons (Fsp3) is 0.500. The molecule has 2 aromatic carbocycles. The minimum absolute atomic E-state index is 0.0205. The van der Waals surface area contributed by atoms with Crippen molar-refractivity contribution in [1.29, 1.82) is 0 Å². The number of hydrogen-bond acceptors (Lipinski definition) is 7. The summed E-state index contributed by atoms with van der Waals surface area (Å²) in [4.78, 5) is 23.0. The van der Waals surface area contributed by atoms with Gasteiger partial charge in [-0.2, -0.15) is 0 Å². The first kappa shape index (κ1) is 27.0. The number of unbranched alkanes of at least 4 members (excludes halogenated alkanes) is 1. The topological polar surface area (TPSA) is 78.1 Å². The third-order valence-corrected chi connectivity index (χ3v) is 7.47. The summed E-state index contributed by atoms with van der Waals surface area (Å²) in [7, 11) is -0.661. The lowest BCUT2D eigenvalue weighted by Crippen LogP contribution is -2.37. The van der Waals surface area contributed by atoms with E-state index >= 15 is 4.39 Å². The second-order valence-electron chi connectivity index (χ2n) is 10.0. The first-order chi connectivity index (χ1) is 18.5. The number of benzene rings is 2. The number of anilines is 4. The first-order valence-corrected chi connectivity index (χ1v) is 13.6. The van der Waals surface area contributed by atoms with Gasteiger partial charge >= 0.3 is 7.56 Å². The highest BCUT2D eigenvalue weighted by molar-refractivity contribution is 6.47. The number of halogens is 3. The Hall–Kier alpha value is -2.60. The van der Waals surface area contributed by atoms with E-state index in [4.69, 9.17) is 21.2 Å². The van der Waals surface area contributed by atoms with Crippen LogP contribution in [0.2, 0.25) is 5.02 Å². The molecule has 1 aliphatic carbocycles. The predicted octanol–water partition coefficient (Wildman–Crippen LogP) is 3.54. The number of hydrogen-bond donors (Lipinski definition) is 3. The van der Waals surface area contributed by atoms with Gasteiger partial charge in [0.15, 0.2) is 5.82 Å². The van der Waals surface area contributed by atoms with Crippen LogP contribution < -0.4 is 26.5 Å². The fourth-order valence-corrected chi connectivity index (χ4v) is 4.97. The van der Waals surface area contributed by atoms with Crippen LogP contribution in [0.15, 0.2) is 24.3 Å². The lowest BCUT2D eigenvalue weighted by molar-refractivity contribution is 0.0271. The van der Waals surface area contributed by atoms with Gasteiger partial charge in [0, 0.05) is 19.6 Å². The van der Waals surface area contributed by atoms with Crippen LogP contribution >= 0.6 is 11.6 Å². The van der Waals surface area contributed by atoms with Crippen molar-refractivity contribution in [1.82, 2.24) is 10.4 Å². The minimum Gasteiger partial charge on any atom is -0.379 e. The summed E-state index contributed by atoms with van der Waals surface area (Å²) in [5, 5.41) is 6.33. The molecule has 3 aliphatic rings. The number of carbonyl (C=O) groups is 1. The van der Waals surface area contributed by atoms with Crippen LogP contribution in [-0.2, 0) is 9.57 Å². The Morgan fingerprint density at radius 2 is 2.00 bits per heavy atom. The van der Waals surface area contributed by atoms with Crippen LogP contribution in [0, 0.1) is 11.7 Å². The Kier molecular flexibility index (Phi) is 8.88. The number of nitrogens with one attached hydrogen (secondary N) is 3. The van der Waals surface area contributed by atoms with Gasteiger partial charge < -0.3 is 24.6 Å². The number of nitrogens with zero attached hydrogens (tertiary/aromatic N) is 2. The van der Waals surface area contributed by atoms with E-state index in [9.17, 15) is 9.11 Å². The molecule has 2 fully saturated rings. The summed E-state index contributed by atoms with van der Waals surface area (Å²) >= 11 is 6.32. The zero-order chi connectivity index (χ0) is 26.5. The van der Waals surface area contributed by atoms with Gasteiger partial charge in [0.25, 0.3) is 5.91 Å². The van der Waals surface area contributed by atoms with Gasteiger partial charge in [-0.3, -0.25) is 14.5 Å². The molecule has 0 unspecified atom stereocenters. The van der Waals surface area contributed by atoms with Crippen molar-refractivity contribution in [2.75, 3.05) is 68.2 Å². The summed E-state index contributed by atoms with van der Waals surface area (Å²) in [6.45, 7) is 6.06. The van der Waals surface area contributed by atoms with Crippen molar-refractivity contribution < 1.29 is 23.1 Å². The van der Waals surface area contributed by atoms with Crippen molar-refractivity contribution in [2.24, 2.45) is 5.92 Å². The molecular weight excluding hydrogens is 515 g/mol. The van der Waals surface area contributed by atoms with Crippen LogP contribution in [0.1, 0.15) is 36.0 Å². The predicted molar refractivity (Wildman–Crippen MR) is 147 cm³/mol. The van der Waals surface area contributed by atoms with E-state index in [0.717, 1.165) is 65.1 Å². The Morgan fingerprint density at radius 3 is 2.74 bits per heavy atom. The number of morpholine rings is 1. The van der Waals surface area contributed by atoms with Crippen LogP contribution in [0.4, 0.5) is 31.5 Å². The third kappa shape index (κ3) is 6.51. The van der Waals surface area contributed by atoms with Crippen LogP contribution in [0.3, 0.4) is 0 Å². The maximum absolute atomic E-state index is 15.9. The molecule has 0 atom stereocenters. The summed E-state index contributed by atoms with van der Waals surface area (Å²) in [6.07, 6.45) is 4.11. The molecule has 5 rings (SSSR count). The summed E-state index contributed by atoms with van der Waals surface area (Å²) in [5.74, 6) is -0.684. The summed E-state index contributed by atoms with van der Waals surface area (Å²) in [5.41, 5.74) is 4.28. The van der Waals surface area contributed by atoms with Crippen molar-refractivity contribution in [3.05, 3.63) is 40.7 Å². The van der Waals surface area contributed by atoms with E-state index in [2.05, 4.69) is 21.0 Å². The van der Waals surface area contributed by atoms with Crippen molar-refractivity contribution in [3.8, 4) is 0 Å². The zero-order valence-electron chi connectivity index (χ0n) is 21.3. The molecule has 3 N–H and O–H groups in total. The molecule has 0 spiro atoms. The Balaban J connectivity index is 1.33. The van der Waals surface area contributed by atoms with Crippen molar-refractivity contribution in [2.45, 2.75) is 25.7 Å². The van der Waals surface area contributed by atoms with Crippen LogP contribution in [0.25, 0.3) is 0 Å². The van der Waals surface area contributed by atoms with Gasteiger partial charge in [-0.05, 0) is 61.8 Å². The molecule has 2 heterocycles. The second kappa shape index (κ2) is 12.5. The monoisotopic (exact) mass is 547 g/mol. The summed E-state index contributed by atoms with van der Waals surface area (Å²) < 4.78 is 34.4. The van der Waals surface area contributed by atoms with Gasteiger partial charge in [0.1, 0.15) is 0 Å². The summed E-state index contributed by atoms with van der Waals surface area (Å²) in [6, 6.07) is 6.30. The lowest BCUT2D eigenvalue weighted by atomic mass is 9.91. The van der Waals surface area contributed by atoms with Crippen LogP contribution in [-0.4, -0.2) is 71.0 Å². The van der Waals surface area contributed by atoms with Crippen molar-refractivity contribution >= 4 is 53.3 Å². The first-order valence-electron chi connectivity index (χ1n) is 13.2. The Labute approximate surface area is 227 Å². The van der Waals surface area contributed by atoms with E-state index < -0.39 is 19.3 Å². The zero-order valence-corrected chi connectivity index (χ0v) is 22.1. The molecule has 2 aliphatic heterocycles. The van der Waals surface area contributed by atoms with E-state index in [1.807, 2.05) is 4.90 Å². The van der Waals surface area contributed by atoms with E-state index in [-0.39, 0.29) is 16.3 Å². The molecular formula is C26H33BClF2N5O3. The van der Waals surface area contributed by atoms with Gasteiger partial charge in [-0.25, -0.2) is 9.87 Å². The Morgan fingerprint density at radius 1 is 1.21 bits per heavy atom. The number of fused-ring (bicyclic) bond motifs is 1. The normalized spacial score (nSPS) is 17.2. The highest BCUT2D eigenvalue weighted by Gasteiger charge is 2.30. The molecule has 0 aromatic heterocycles. The average molecular weight is 548 g/mol. The van der Waals surface area contributed by atoms with Crippen LogP contribution in [0.5, 0.6) is 0 Å². The van der Waals surface area contributed by atoms with Crippen molar-refractivity contribution in [3.63, 3.8) is 0 Å². The molecule has 0 radical (unpaired) electrons. The van der Waals surface area contributed by atoms with Gasteiger partial charge in [0.05, 0.1) is 59.8 Å². The van der Waals surface area contributed by atoms with Gasteiger partial charge in [0.2, 0.25) is 0 Å². The molecule has 12 heteroatoms. The standard InChI is InChI=1S/C26H33BClF2N5O3/c28-20-13-18(27-30)5-6-21(20)32-24-19(26(36)33-38-15-17-3-4-17)14-22-25(23(24)29)31-16-35(22)8-2-1-7-34-9-11-37-12-10-34/h5-6,13-14,17,27,31-32H,1-4,7-12,15-16H2,(H,33,36). The number of hydroxylamine groups is 1. The van der Waals surface area contributed by atoms with E-state index in [1.54, 1.807) is 18.2 Å². The SMILES string of the molecule is O=C(NOCC1CC1)c1cc2c(c(F)c1Nc1ccc(BF)cc1Cl)NCN2CCCCN1CCOCC1.